The Labute approximate surface area is 419 Å². The topological polar surface area (TPSA) is 33.5 Å². The Kier molecular flexibility index (Phi) is 9.88. The van der Waals surface area contributed by atoms with Gasteiger partial charge in [0.25, 0.3) is 0 Å². The zero-order chi connectivity index (χ0) is 53.2. The Morgan fingerprint density at radius 3 is 2.00 bits per heavy atom. The number of fused-ring (bicyclic) bond motifs is 4. The molecule has 334 valence electrons. The number of rotatable bonds is 13. The first kappa shape index (κ1) is 34.0. The van der Waals surface area contributed by atoms with E-state index in [9.17, 15) is 0 Å². The number of anilines is 4. The van der Waals surface area contributed by atoms with Crippen LogP contribution in [0.2, 0.25) is 0 Å². The molecule has 1 aliphatic rings. The molecule has 9 aromatic rings. The first-order valence-electron chi connectivity index (χ1n) is 27.4. The molecule has 0 radical (unpaired) electrons. The van der Waals surface area contributed by atoms with Crippen molar-refractivity contribution in [3.8, 4) is 39.6 Å². The summed E-state index contributed by atoms with van der Waals surface area (Å²) in [7, 11) is 0. The maximum Gasteiger partial charge on any atom is 0.135 e. The third-order valence-corrected chi connectivity index (χ3v) is 12.1. The number of pyridine rings is 1. The van der Waals surface area contributed by atoms with Gasteiger partial charge in [-0.05, 0) is 88.2 Å². The van der Waals surface area contributed by atoms with E-state index in [1.54, 1.807) is 29.8 Å². The van der Waals surface area contributed by atoms with E-state index in [1.807, 2.05) is 59.6 Å². The summed E-state index contributed by atoms with van der Waals surface area (Å²) >= 11 is 0. The quantitative estimate of drug-likeness (QED) is 0.0851. The van der Waals surface area contributed by atoms with E-state index in [1.165, 1.54) is 17.5 Å². The van der Waals surface area contributed by atoms with E-state index in [-0.39, 0.29) is 54.4 Å². The fourth-order valence-electron chi connectivity index (χ4n) is 8.87. The van der Waals surface area contributed by atoms with Crippen molar-refractivity contribution in [2.45, 2.75) is 78.6 Å². The molecule has 10 rings (SSSR count). The van der Waals surface area contributed by atoms with Crippen molar-refractivity contribution < 1.29 is 39.5 Å². The summed E-state index contributed by atoms with van der Waals surface area (Å²) in [4.78, 5) is 8.58. The minimum atomic E-state index is -0.561. The SMILES string of the molecule is [2H]c1c([2H])c([2H])c(-c2cccc(-c3c([2H])c([2H])c([2H])c([2H])c3[2H])c2N2[CH-]N(c3[c-]c(Oc4[c-]c5c(cc4)c4cc(CCCCC)c(CCC)cc4n5-c4cc(C(C)(C)C)ccn4)ccc3)c3ccccc32)c([2H])c1[2H].[Pt]. The van der Waals surface area contributed by atoms with Crippen LogP contribution in [0.25, 0.3) is 49.9 Å². The number of benzene rings is 7. The van der Waals surface area contributed by atoms with E-state index in [0.29, 0.717) is 28.6 Å². The van der Waals surface area contributed by atoms with Crippen LogP contribution in [0.3, 0.4) is 0 Å². The van der Waals surface area contributed by atoms with Crippen molar-refractivity contribution in [2.75, 3.05) is 9.80 Å². The van der Waals surface area contributed by atoms with Gasteiger partial charge in [-0.25, -0.2) is 4.98 Å². The van der Waals surface area contributed by atoms with Gasteiger partial charge >= 0.3 is 0 Å². The summed E-state index contributed by atoms with van der Waals surface area (Å²) in [5.41, 5.74) is 7.86. The number of aryl methyl sites for hydroxylation is 2. The molecular formula is C60H55N4OPt-3. The van der Waals surface area contributed by atoms with Crippen molar-refractivity contribution in [1.29, 1.82) is 0 Å². The van der Waals surface area contributed by atoms with Gasteiger partial charge in [0.15, 0.2) is 0 Å². The number of hydrogen-bond acceptors (Lipinski definition) is 4. The molecule has 3 heterocycles. The average molecular weight is 1050 g/mol. The van der Waals surface area contributed by atoms with Gasteiger partial charge in [-0.15, -0.1) is 48.1 Å². The Bertz CT molecular complexity index is 3600. The Balaban J connectivity index is 0.00000706. The molecule has 5 nitrogen and oxygen atoms in total. The molecule has 0 aliphatic carbocycles. The fraction of sp³-hybridized carbons (Fsp3) is 0.200. The summed E-state index contributed by atoms with van der Waals surface area (Å²) in [6.07, 6.45) is 8.35. The van der Waals surface area contributed by atoms with Gasteiger partial charge in [0.1, 0.15) is 5.82 Å². The molecule has 1 aliphatic heterocycles. The summed E-state index contributed by atoms with van der Waals surface area (Å²) in [5, 5.41) is 2.17. The average Bonchev–Trinajstić information content (AvgIpc) is 4.07. The van der Waals surface area contributed by atoms with Crippen LogP contribution in [-0.2, 0) is 39.3 Å². The van der Waals surface area contributed by atoms with E-state index < -0.39 is 60.4 Å². The Morgan fingerprint density at radius 2 is 1.32 bits per heavy atom. The summed E-state index contributed by atoms with van der Waals surface area (Å²) in [6, 6.07) is 32.8. The Hall–Kier alpha value is -6.42. The third kappa shape index (κ3) is 8.70. The first-order valence-corrected chi connectivity index (χ1v) is 22.4. The van der Waals surface area contributed by atoms with Gasteiger partial charge in [-0.2, -0.15) is 12.1 Å². The van der Waals surface area contributed by atoms with Crippen LogP contribution in [0.1, 0.15) is 90.7 Å². The summed E-state index contributed by atoms with van der Waals surface area (Å²) in [5.74, 6) is 1.65. The minimum absolute atomic E-state index is 0. The molecule has 0 bridgehead atoms. The number of ether oxygens (including phenoxy) is 1. The molecule has 0 amide bonds. The maximum absolute atomic E-state index is 9.05. The minimum Gasteiger partial charge on any atom is -0.509 e. The maximum atomic E-state index is 9.05. The van der Waals surface area contributed by atoms with Crippen LogP contribution in [-0.4, -0.2) is 9.55 Å². The van der Waals surface area contributed by atoms with Crippen LogP contribution < -0.4 is 14.5 Å². The van der Waals surface area contributed by atoms with Crippen LogP contribution in [0.15, 0.2) is 164 Å². The van der Waals surface area contributed by atoms with E-state index in [0.717, 1.165) is 65.3 Å². The number of aromatic nitrogens is 2. The van der Waals surface area contributed by atoms with Gasteiger partial charge in [0, 0.05) is 72.5 Å². The smallest absolute Gasteiger partial charge is 0.135 e. The number of para-hydroxylation sites is 3. The molecule has 7 aromatic carbocycles. The van der Waals surface area contributed by atoms with Crippen molar-refractivity contribution >= 4 is 44.6 Å². The van der Waals surface area contributed by atoms with Crippen molar-refractivity contribution in [3.05, 3.63) is 199 Å². The second-order valence-corrected chi connectivity index (χ2v) is 17.5. The first-order chi connectivity index (χ1) is 35.9. The molecule has 0 saturated carbocycles. The van der Waals surface area contributed by atoms with Crippen LogP contribution in [0, 0.1) is 18.8 Å². The molecule has 0 spiro atoms. The second kappa shape index (κ2) is 19.2. The van der Waals surface area contributed by atoms with E-state index >= 15 is 0 Å². The van der Waals surface area contributed by atoms with Crippen molar-refractivity contribution in [3.63, 3.8) is 0 Å². The zero-order valence-corrected chi connectivity index (χ0v) is 39.9. The molecule has 0 unspecified atom stereocenters. The predicted molar refractivity (Wildman–Crippen MR) is 271 cm³/mol. The molecule has 66 heavy (non-hydrogen) atoms. The van der Waals surface area contributed by atoms with Gasteiger partial charge in [0.2, 0.25) is 0 Å². The normalized spacial score (nSPS) is 14.6. The van der Waals surface area contributed by atoms with E-state index in [4.69, 9.17) is 23.4 Å². The van der Waals surface area contributed by atoms with Crippen LogP contribution in [0.4, 0.5) is 22.7 Å². The summed E-state index contributed by atoms with van der Waals surface area (Å²) in [6.45, 7) is 12.8. The van der Waals surface area contributed by atoms with Crippen LogP contribution in [0.5, 0.6) is 11.5 Å². The molecular weight excluding hydrogens is 988 g/mol. The number of unbranched alkanes of at least 4 members (excludes halogenated alkanes) is 2. The molecule has 0 fully saturated rings. The largest absolute Gasteiger partial charge is 0.509 e. The van der Waals surface area contributed by atoms with Gasteiger partial charge < -0.3 is 19.1 Å². The van der Waals surface area contributed by atoms with Crippen molar-refractivity contribution in [2.24, 2.45) is 0 Å². The fourth-order valence-corrected chi connectivity index (χ4v) is 8.87. The molecule has 0 atom stereocenters. The van der Waals surface area contributed by atoms with Gasteiger partial charge in [0.05, 0.1) is 13.7 Å². The molecule has 2 aromatic heterocycles. The van der Waals surface area contributed by atoms with Gasteiger partial charge in [-0.1, -0.05) is 156 Å². The monoisotopic (exact) mass is 1050 g/mol. The zero-order valence-electron chi connectivity index (χ0n) is 47.6. The standard InChI is InChI=1S/C60H55N4O.Pt/c1-6-8-11-25-45-36-53-52-33-32-49(40-57(52)64(56(53)37-44(45)20-7-2)58-38-46(34-35-61-58)60(3,4)5)65-48-27-18-26-47(39-48)62-41-63(55-31-17-16-30-54(55)62)59-50(42-21-12-9-13-22-42)28-19-29-51(59)43-23-14-10-15-24-43;/h9-10,12-19,21-24,26-38,41H,6-8,11,20,25H2,1-5H3;/q-3;/i9D,10D,12D,13D,14D,15D,21D,22D,23D,24D;. The number of hydrogen-bond donors (Lipinski definition) is 0. The summed E-state index contributed by atoms with van der Waals surface area (Å²) < 4.78 is 96.2. The van der Waals surface area contributed by atoms with Crippen LogP contribution >= 0.6 is 0 Å². The second-order valence-electron chi connectivity index (χ2n) is 17.5. The third-order valence-electron chi connectivity index (χ3n) is 12.1. The number of nitrogens with zero attached hydrogens (tertiary/aromatic N) is 4. The predicted octanol–water partition coefficient (Wildman–Crippen LogP) is 16.3. The molecule has 0 saturated heterocycles. The molecule has 0 N–H and O–H groups in total. The van der Waals surface area contributed by atoms with Crippen molar-refractivity contribution in [1.82, 2.24) is 9.55 Å². The molecule has 6 heteroatoms. The van der Waals surface area contributed by atoms with E-state index in [2.05, 4.69) is 81.7 Å². The van der Waals surface area contributed by atoms with Gasteiger partial charge in [-0.3, -0.25) is 0 Å². The Morgan fingerprint density at radius 1 is 0.652 bits per heavy atom.